The lowest BCUT2D eigenvalue weighted by Gasteiger charge is -2.22. The minimum Gasteiger partial charge on any atom is -0.489 e. The lowest BCUT2D eigenvalue weighted by molar-refractivity contribution is -0.132. The molecule has 1 aliphatic carbocycles. The van der Waals surface area contributed by atoms with Crippen molar-refractivity contribution in [1.29, 1.82) is 0 Å². The van der Waals surface area contributed by atoms with Crippen LogP contribution < -0.4 is 9.47 Å². The van der Waals surface area contributed by atoms with Crippen LogP contribution in [-0.2, 0) is 17.8 Å². The highest BCUT2D eigenvalue weighted by atomic mass is 16.5. The molecule has 0 bridgehead atoms. The van der Waals surface area contributed by atoms with Crippen molar-refractivity contribution in [3.8, 4) is 17.2 Å². The van der Waals surface area contributed by atoms with E-state index >= 15 is 0 Å². The van der Waals surface area contributed by atoms with Crippen LogP contribution in [0.25, 0.3) is 5.57 Å². The third-order valence-corrected chi connectivity index (χ3v) is 5.53. The molecule has 0 saturated carbocycles. The molecule has 3 aromatic carbocycles. The topological polar surface area (TPSA) is 55.8 Å². The molecule has 4 heteroatoms. The summed E-state index contributed by atoms with van der Waals surface area (Å²) in [5.41, 5.74) is 4.72. The molecule has 158 valence electrons. The van der Waals surface area contributed by atoms with Gasteiger partial charge in [0.2, 0.25) is 0 Å². The molecule has 4 rings (SSSR count). The summed E-state index contributed by atoms with van der Waals surface area (Å²) in [4.78, 5) is 11.6. The fraction of sp³-hybridized carbons (Fsp3) is 0.222. The van der Waals surface area contributed by atoms with Crippen LogP contribution in [0.3, 0.4) is 0 Å². The van der Waals surface area contributed by atoms with Crippen LogP contribution in [0.15, 0.2) is 78.4 Å². The maximum Gasteiger partial charge on any atom is 0.331 e. The molecule has 4 nitrogen and oxygen atoms in total. The number of benzene rings is 3. The van der Waals surface area contributed by atoms with Gasteiger partial charge in [0, 0.05) is 5.57 Å². The summed E-state index contributed by atoms with van der Waals surface area (Å²) in [7, 11) is 0. The van der Waals surface area contributed by atoms with Crippen molar-refractivity contribution >= 4 is 11.5 Å². The Kier molecular flexibility index (Phi) is 6.37. The van der Waals surface area contributed by atoms with E-state index in [-0.39, 0.29) is 0 Å². The molecule has 1 N–H and O–H groups in total. The number of para-hydroxylation sites is 1. The van der Waals surface area contributed by atoms with Gasteiger partial charge in [-0.05, 0) is 84.3 Å². The lowest BCUT2D eigenvalue weighted by Crippen LogP contribution is -2.09. The summed E-state index contributed by atoms with van der Waals surface area (Å²) >= 11 is 0. The first-order valence-corrected chi connectivity index (χ1v) is 10.7. The highest BCUT2D eigenvalue weighted by Crippen LogP contribution is 2.36. The third-order valence-electron chi connectivity index (χ3n) is 5.53. The Bertz CT molecular complexity index is 1100. The largest absolute Gasteiger partial charge is 0.489 e. The number of carbonyl (C=O) groups is 1. The fourth-order valence-electron chi connectivity index (χ4n) is 4.05. The van der Waals surface area contributed by atoms with E-state index in [0.29, 0.717) is 18.6 Å². The second kappa shape index (κ2) is 9.52. The summed E-state index contributed by atoms with van der Waals surface area (Å²) in [6.45, 7) is 2.33. The van der Waals surface area contributed by atoms with E-state index in [0.717, 1.165) is 58.8 Å². The summed E-state index contributed by atoms with van der Waals surface area (Å²) in [5, 5.41) is 9.54. The predicted octanol–water partition coefficient (Wildman–Crippen LogP) is 6.64. The molecule has 3 aromatic rings. The first kappa shape index (κ1) is 20.7. The van der Waals surface area contributed by atoms with Crippen molar-refractivity contribution in [2.75, 3.05) is 0 Å². The first-order valence-electron chi connectivity index (χ1n) is 10.7. The van der Waals surface area contributed by atoms with E-state index in [1.807, 2.05) is 79.7 Å². The van der Waals surface area contributed by atoms with Gasteiger partial charge in [0.15, 0.2) is 0 Å². The van der Waals surface area contributed by atoms with Gasteiger partial charge in [0.05, 0.1) is 0 Å². The van der Waals surface area contributed by atoms with Gasteiger partial charge in [-0.2, -0.15) is 0 Å². The number of rotatable bonds is 7. The summed E-state index contributed by atoms with van der Waals surface area (Å²) in [5.74, 6) is 1.55. The van der Waals surface area contributed by atoms with Crippen LogP contribution in [0.1, 0.15) is 42.9 Å². The molecule has 0 atom stereocenters. The molecule has 1 aliphatic rings. The normalized spacial score (nSPS) is 14.5. The fourth-order valence-corrected chi connectivity index (χ4v) is 4.05. The summed E-state index contributed by atoms with van der Waals surface area (Å²) in [6.07, 6.45) is 3.25. The van der Waals surface area contributed by atoms with E-state index in [1.165, 1.54) is 0 Å². The predicted molar refractivity (Wildman–Crippen MR) is 122 cm³/mol. The van der Waals surface area contributed by atoms with Gasteiger partial charge in [0.25, 0.3) is 0 Å². The number of allylic oxidation sites excluding steroid dienone is 1. The Labute approximate surface area is 182 Å². The smallest absolute Gasteiger partial charge is 0.331 e. The maximum atomic E-state index is 11.6. The van der Waals surface area contributed by atoms with Gasteiger partial charge in [0.1, 0.15) is 23.9 Å². The maximum absolute atomic E-state index is 11.6. The summed E-state index contributed by atoms with van der Waals surface area (Å²) in [6, 6.07) is 23.6. The molecular formula is C27H26O4. The van der Waals surface area contributed by atoms with E-state index in [2.05, 4.69) is 0 Å². The Morgan fingerprint density at radius 1 is 0.903 bits per heavy atom. The average molecular weight is 415 g/mol. The van der Waals surface area contributed by atoms with Crippen molar-refractivity contribution in [1.82, 2.24) is 0 Å². The number of hydrogen-bond donors (Lipinski definition) is 1. The molecule has 0 spiro atoms. The van der Waals surface area contributed by atoms with Crippen LogP contribution in [0, 0.1) is 0 Å². The second-order valence-corrected chi connectivity index (χ2v) is 7.64. The average Bonchev–Trinajstić information content (AvgIpc) is 2.79. The zero-order chi connectivity index (χ0) is 21.6. The van der Waals surface area contributed by atoms with Crippen molar-refractivity contribution in [2.24, 2.45) is 0 Å². The number of carboxylic acid groups (broad SMARTS) is 1. The molecule has 0 unspecified atom stereocenters. The SMILES string of the molecule is CCC(C(=O)O)=C1CCCc2cc(OCc3cccc(Oc4ccccc4)c3)ccc21. The highest BCUT2D eigenvalue weighted by Gasteiger charge is 2.21. The Hall–Kier alpha value is -3.53. The van der Waals surface area contributed by atoms with Gasteiger partial charge in [-0.25, -0.2) is 4.79 Å². The molecule has 0 fully saturated rings. The number of carboxylic acids is 1. The Morgan fingerprint density at radius 3 is 2.48 bits per heavy atom. The molecule has 0 amide bonds. The number of ether oxygens (including phenoxy) is 2. The van der Waals surface area contributed by atoms with Crippen molar-refractivity contribution < 1.29 is 19.4 Å². The zero-order valence-electron chi connectivity index (χ0n) is 17.6. The van der Waals surface area contributed by atoms with Crippen LogP contribution >= 0.6 is 0 Å². The van der Waals surface area contributed by atoms with Gasteiger partial charge >= 0.3 is 5.97 Å². The molecule has 0 saturated heterocycles. The van der Waals surface area contributed by atoms with Crippen LogP contribution in [0.4, 0.5) is 0 Å². The first-order chi connectivity index (χ1) is 15.1. The van der Waals surface area contributed by atoms with Crippen molar-refractivity contribution in [3.05, 3.63) is 95.1 Å². The van der Waals surface area contributed by atoms with Crippen molar-refractivity contribution in [3.63, 3.8) is 0 Å². The van der Waals surface area contributed by atoms with Gasteiger partial charge in [-0.15, -0.1) is 0 Å². The zero-order valence-corrected chi connectivity index (χ0v) is 17.6. The van der Waals surface area contributed by atoms with Crippen LogP contribution in [0.5, 0.6) is 17.2 Å². The minimum absolute atomic E-state index is 0.433. The molecule has 0 aromatic heterocycles. The number of hydrogen-bond acceptors (Lipinski definition) is 3. The van der Waals surface area contributed by atoms with E-state index in [9.17, 15) is 9.90 Å². The van der Waals surface area contributed by atoms with E-state index < -0.39 is 5.97 Å². The van der Waals surface area contributed by atoms with E-state index in [1.54, 1.807) is 0 Å². The van der Waals surface area contributed by atoms with Gasteiger partial charge < -0.3 is 14.6 Å². The standard InChI is InChI=1S/C27H26O4/c1-2-24(27(28)29)26-13-7-9-20-17-22(14-15-25(20)26)30-18-19-8-6-12-23(16-19)31-21-10-4-3-5-11-21/h3-6,8,10-12,14-17H,2,7,9,13,18H2,1H3,(H,28,29). The minimum atomic E-state index is -0.816. The van der Waals surface area contributed by atoms with Gasteiger partial charge in [-0.3, -0.25) is 0 Å². The Morgan fingerprint density at radius 2 is 1.71 bits per heavy atom. The Balaban J connectivity index is 1.48. The number of aryl methyl sites for hydroxylation is 1. The van der Waals surface area contributed by atoms with E-state index in [4.69, 9.17) is 9.47 Å². The highest BCUT2D eigenvalue weighted by molar-refractivity contribution is 5.97. The molecule has 0 radical (unpaired) electrons. The summed E-state index contributed by atoms with van der Waals surface area (Å²) < 4.78 is 11.9. The molecular weight excluding hydrogens is 388 g/mol. The monoisotopic (exact) mass is 414 g/mol. The number of fused-ring (bicyclic) bond motifs is 1. The number of aliphatic carboxylic acids is 1. The van der Waals surface area contributed by atoms with Crippen LogP contribution in [0.2, 0.25) is 0 Å². The third kappa shape index (κ3) is 4.97. The van der Waals surface area contributed by atoms with Crippen LogP contribution in [-0.4, -0.2) is 11.1 Å². The molecule has 0 heterocycles. The molecule has 31 heavy (non-hydrogen) atoms. The second-order valence-electron chi connectivity index (χ2n) is 7.64. The van der Waals surface area contributed by atoms with Gasteiger partial charge in [-0.1, -0.05) is 43.3 Å². The molecule has 0 aliphatic heterocycles. The lowest BCUT2D eigenvalue weighted by atomic mass is 9.84. The quantitative estimate of drug-likeness (QED) is 0.440. The van der Waals surface area contributed by atoms with Crippen molar-refractivity contribution in [2.45, 2.75) is 39.2 Å².